The van der Waals surface area contributed by atoms with Gasteiger partial charge in [0.2, 0.25) is 5.91 Å². The molecule has 8 nitrogen and oxygen atoms in total. The first-order valence-electron chi connectivity index (χ1n) is 10.8. The van der Waals surface area contributed by atoms with E-state index in [0.29, 0.717) is 31.8 Å². The molecule has 2 aliphatic rings. The van der Waals surface area contributed by atoms with E-state index in [1.807, 2.05) is 24.3 Å². The second-order valence-electron chi connectivity index (χ2n) is 7.85. The molecule has 1 saturated carbocycles. The number of likely N-dealkylation sites (tertiary alicyclic amines) is 1. The maximum Gasteiger partial charge on any atom is 0.318 e. The SMILES string of the molecule is CCCCCNC(=O)N1CC(=NOCc2ccc(OC)cc2)C[C@H]1C(=O)NC1CC1. The van der Waals surface area contributed by atoms with Gasteiger partial charge in [-0.05, 0) is 37.0 Å². The number of nitrogens with zero attached hydrogens (tertiary/aromatic N) is 2. The number of methoxy groups -OCH3 is 1. The van der Waals surface area contributed by atoms with E-state index in [-0.39, 0.29) is 18.0 Å². The molecule has 1 aliphatic heterocycles. The van der Waals surface area contributed by atoms with Crippen LogP contribution in [0.5, 0.6) is 5.75 Å². The molecular weight excluding hydrogens is 384 g/mol. The van der Waals surface area contributed by atoms with Crippen LogP contribution in [0.1, 0.15) is 51.0 Å². The number of oxime groups is 1. The first-order chi connectivity index (χ1) is 14.6. The Morgan fingerprint density at radius 1 is 1.20 bits per heavy atom. The number of nitrogens with one attached hydrogen (secondary N) is 2. The Kier molecular flexibility index (Phi) is 7.93. The first kappa shape index (κ1) is 21.9. The van der Waals surface area contributed by atoms with Crippen LogP contribution >= 0.6 is 0 Å². The molecule has 8 heteroatoms. The van der Waals surface area contributed by atoms with Crippen molar-refractivity contribution in [2.45, 2.75) is 64.1 Å². The molecule has 1 aliphatic carbocycles. The van der Waals surface area contributed by atoms with Crippen molar-refractivity contribution < 1.29 is 19.2 Å². The van der Waals surface area contributed by atoms with Crippen molar-refractivity contribution in [3.8, 4) is 5.75 Å². The fourth-order valence-electron chi connectivity index (χ4n) is 3.34. The molecule has 0 radical (unpaired) electrons. The number of unbranched alkanes of at least 4 members (excludes halogenated alkanes) is 2. The van der Waals surface area contributed by atoms with Gasteiger partial charge in [-0.3, -0.25) is 4.79 Å². The first-order valence-corrected chi connectivity index (χ1v) is 10.8. The zero-order chi connectivity index (χ0) is 21.3. The average molecular weight is 417 g/mol. The van der Waals surface area contributed by atoms with Gasteiger partial charge in [0.15, 0.2) is 0 Å². The monoisotopic (exact) mass is 416 g/mol. The molecule has 2 fully saturated rings. The minimum atomic E-state index is -0.542. The summed E-state index contributed by atoms with van der Waals surface area (Å²) in [6.07, 6.45) is 5.50. The molecule has 0 unspecified atom stereocenters. The molecule has 1 atom stereocenters. The van der Waals surface area contributed by atoms with Crippen LogP contribution < -0.4 is 15.4 Å². The molecule has 1 heterocycles. The van der Waals surface area contributed by atoms with Crippen LogP contribution in [0.25, 0.3) is 0 Å². The highest BCUT2D eigenvalue weighted by Gasteiger charge is 2.39. The lowest BCUT2D eigenvalue weighted by Gasteiger charge is -2.23. The number of urea groups is 1. The molecule has 3 amide bonds. The van der Waals surface area contributed by atoms with Crippen molar-refractivity contribution in [1.29, 1.82) is 0 Å². The zero-order valence-electron chi connectivity index (χ0n) is 17.9. The topological polar surface area (TPSA) is 92.3 Å². The van der Waals surface area contributed by atoms with Crippen LogP contribution in [0.2, 0.25) is 0 Å². The molecule has 30 heavy (non-hydrogen) atoms. The van der Waals surface area contributed by atoms with E-state index in [2.05, 4.69) is 22.7 Å². The predicted molar refractivity (Wildman–Crippen MR) is 114 cm³/mol. The lowest BCUT2D eigenvalue weighted by molar-refractivity contribution is -0.124. The highest BCUT2D eigenvalue weighted by Crippen LogP contribution is 2.22. The molecule has 2 N–H and O–H groups in total. The van der Waals surface area contributed by atoms with Crippen LogP contribution in [-0.4, -0.2) is 54.8 Å². The van der Waals surface area contributed by atoms with Crippen LogP contribution in [0, 0.1) is 0 Å². The standard InChI is InChI=1S/C22H32N4O4/c1-3-4-5-12-23-22(28)26-14-18(13-20(26)21(27)24-17-8-9-17)25-30-15-16-6-10-19(29-2)11-7-16/h6-7,10-11,17,20H,3-5,8-9,12-15H2,1-2H3,(H,23,28)(H,24,27)/t20-/m0/s1. The number of rotatable bonds is 10. The van der Waals surface area contributed by atoms with Crippen LogP contribution in [0.15, 0.2) is 29.4 Å². The lowest BCUT2D eigenvalue weighted by atomic mass is 10.2. The minimum absolute atomic E-state index is 0.110. The second kappa shape index (κ2) is 10.8. The Morgan fingerprint density at radius 3 is 2.63 bits per heavy atom. The van der Waals surface area contributed by atoms with Gasteiger partial charge in [0.25, 0.3) is 0 Å². The molecule has 1 aromatic rings. The summed E-state index contributed by atoms with van der Waals surface area (Å²) in [4.78, 5) is 32.4. The Bertz CT molecular complexity index is 746. The Labute approximate surface area is 178 Å². The Balaban J connectivity index is 1.56. The van der Waals surface area contributed by atoms with Crippen molar-refractivity contribution in [2.75, 3.05) is 20.2 Å². The van der Waals surface area contributed by atoms with Gasteiger partial charge in [-0.1, -0.05) is 37.1 Å². The third-order valence-corrected chi connectivity index (χ3v) is 5.29. The smallest absolute Gasteiger partial charge is 0.318 e. The van der Waals surface area contributed by atoms with Crippen molar-refractivity contribution in [3.63, 3.8) is 0 Å². The van der Waals surface area contributed by atoms with Crippen molar-refractivity contribution in [2.24, 2.45) is 5.16 Å². The lowest BCUT2D eigenvalue weighted by Crippen LogP contribution is -2.50. The van der Waals surface area contributed by atoms with E-state index in [4.69, 9.17) is 9.57 Å². The molecule has 1 aromatic carbocycles. The largest absolute Gasteiger partial charge is 0.497 e. The summed E-state index contributed by atoms with van der Waals surface area (Å²) < 4.78 is 5.15. The quantitative estimate of drug-likeness (QED) is 0.453. The molecule has 1 saturated heterocycles. The van der Waals surface area contributed by atoms with E-state index < -0.39 is 6.04 Å². The van der Waals surface area contributed by atoms with E-state index in [0.717, 1.165) is 43.4 Å². The fourth-order valence-corrected chi connectivity index (χ4v) is 3.34. The predicted octanol–water partition coefficient (Wildman–Crippen LogP) is 2.82. The Morgan fingerprint density at radius 2 is 1.97 bits per heavy atom. The summed E-state index contributed by atoms with van der Waals surface area (Å²) in [5, 5.41) is 10.1. The summed E-state index contributed by atoms with van der Waals surface area (Å²) in [5.74, 6) is 0.674. The third-order valence-electron chi connectivity index (χ3n) is 5.29. The maximum atomic E-state index is 12.7. The molecule has 3 rings (SSSR count). The number of carbonyl (C=O) groups excluding carboxylic acids is 2. The average Bonchev–Trinajstić information content (AvgIpc) is 3.47. The molecular formula is C22H32N4O4. The zero-order valence-corrected chi connectivity index (χ0v) is 17.9. The van der Waals surface area contributed by atoms with E-state index in [1.54, 1.807) is 12.0 Å². The van der Waals surface area contributed by atoms with Gasteiger partial charge in [-0.15, -0.1) is 0 Å². The van der Waals surface area contributed by atoms with Gasteiger partial charge in [0.1, 0.15) is 18.4 Å². The van der Waals surface area contributed by atoms with Gasteiger partial charge in [-0.2, -0.15) is 0 Å². The summed E-state index contributed by atoms with van der Waals surface area (Å²) >= 11 is 0. The highest BCUT2D eigenvalue weighted by molar-refractivity contribution is 6.00. The number of amides is 3. The van der Waals surface area contributed by atoms with Gasteiger partial charge < -0.3 is 25.1 Å². The van der Waals surface area contributed by atoms with E-state index in [1.165, 1.54) is 0 Å². The number of hydrogen-bond acceptors (Lipinski definition) is 5. The van der Waals surface area contributed by atoms with Crippen molar-refractivity contribution in [3.05, 3.63) is 29.8 Å². The summed E-state index contributed by atoms with van der Waals surface area (Å²) in [5.41, 5.74) is 1.66. The van der Waals surface area contributed by atoms with E-state index in [9.17, 15) is 9.59 Å². The number of ether oxygens (including phenoxy) is 1. The summed E-state index contributed by atoms with van der Waals surface area (Å²) in [6.45, 7) is 3.34. The van der Waals surface area contributed by atoms with Crippen LogP contribution in [0.3, 0.4) is 0 Å². The fraction of sp³-hybridized carbons (Fsp3) is 0.591. The highest BCUT2D eigenvalue weighted by atomic mass is 16.6. The molecule has 0 aromatic heterocycles. The van der Waals surface area contributed by atoms with Gasteiger partial charge in [-0.25, -0.2) is 4.79 Å². The van der Waals surface area contributed by atoms with Crippen molar-refractivity contribution >= 4 is 17.6 Å². The Hall–Kier alpha value is -2.77. The molecule has 164 valence electrons. The van der Waals surface area contributed by atoms with Gasteiger partial charge >= 0.3 is 6.03 Å². The summed E-state index contributed by atoms with van der Waals surface area (Å²) in [7, 11) is 1.62. The summed E-state index contributed by atoms with van der Waals surface area (Å²) in [6, 6.07) is 7.04. The third kappa shape index (κ3) is 6.37. The molecule has 0 bridgehead atoms. The van der Waals surface area contributed by atoms with E-state index >= 15 is 0 Å². The molecule has 0 spiro atoms. The van der Waals surface area contributed by atoms with Crippen LogP contribution in [-0.2, 0) is 16.2 Å². The maximum absolute atomic E-state index is 12.7. The number of carbonyl (C=O) groups is 2. The van der Waals surface area contributed by atoms with Crippen LogP contribution in [0.4, 0.5) is 4.79 Å². The van der Waals surface area contributed by atoms with Crippen molar-refractivity contribution in [1.82, 2.24) is 15.5 Å². The second-order valence-corrected chi connectivity index (χ2v) is 7.85. The van der Waals surface area contributed by atoms with Gasteiger partial charge in [0, 0.05) is 19.0 Å². The minimum Gasteiger partial charge on any atom is -0.497 e. The number of hydrogen-bond donors (Lipinski definition) is 2. The van der Waals surface area contributed by atoms with Gasteiger partial charge in [0.05, 0.1) is 19.4 Å². The normalized spacial score (nSPS) is 19.6. The number of benzene rings is 1.